The van der Waals surface area contributed by atoms with Crippen molar-refractivity contribution in [2.45, 2.75) is 20.1 Å². The van der Waals surface area contributed by atoms with Crippen LogP contribution in [0.4, 0.5) is 0 Å². The van der Waals surface area contributed by atoms with Gasteiger partial charge in [0.1, 0.15) is 0 Å². The van der Waals surface area contributed by atoms with E-state index in [4.69, 9.17) is 14.7 Å². The molecule has 0 spiro atoms. The Morgan fingerprint density at radius 2 is 1.68 bits per heavy atom. The Morgan fingerprint density at radius 3 is 2.36 bits per heavy atom. The minimum Gasteiger partial charge on any atom is -0.364 e. The first kappa shape index (κ1) is 15.9. The van der Waals surface area contributed by atoms with Crippen LogP contribution in [0.25, 0.3) is 32.5 Å². The van der Waals surface area contributed by atoms with E-state index in [1.165, 1.54) is 16.9 Å². The van der Waals surface area contributed by atoms with Crippen LogP contribution in [0.15, 0.2) is 40.9 Å². The molecule has 0 atom stereocenters. The van der Waals surface area contributed by atoms with Crippen molar-refractivity contribution in [3.8, 4) is 22.3 Å². The van der Waals surface area contributed by atoms with Crippen LogP contribution in [0.3, 0.4) is 0 Å². The molecule has 2 aromatic carbocycles. The number of thiazole rings is 1. The van der Waals surface area contributed by atoms with Crippen LogP contribution < -0.4 is 0 Å². The van der Waals surface area contributed by atoms with E-state index < -0.39 is 6.29 Å². The molecule has 2 aromatic heterocycles. The van der Waals surface area contributed by atoms with Gasteiger partial charge < -0.3 is 14.7 Å². The maximum Gasteiger partial charge on any atom is 0.287 e. The second-order valence-corrected chi connectivity index (χ2v) is 6.81. The van der Waals surface area contributed by atoms with Crippen molar-refractivity contribution in [1.82, 2.24) is 15.1 Å². The third-order valence-corrected chi connectivity index (χ3v) is 5.20. The summed E-state index contributed by atoms with van der Waals surface area (Å²) < 4.78 is 6.50. The molecule has 0 saturated heterocycles. The lowest BCUT2D eigenvalue weighted by atomic mass is 10.1. The van der Waals surface area contributed by atoms with E-state index in [1.807, 2.05) is 6.92 Å². The normalized spacial score (nSPS) is 11.6. The van der Waals surface area contributed by atoms with E-state index in [1.54, 1.807) is 24.3 Å². The monoisotopic (exact) mass is 353 g/mol. The zero-order chi connectivity index (χ0) is 17.6. The first-order chi connectivity index (χ1) is 12.0. The fraction of sp³-hybridized carbons (Fsp3) is 0.167. The molecule has 126 valence electrons. The topological polar surface area (TPSA) is 92.3 Å². The van der Waals surface area contributed by atoms with Crippen LogP contribution in [0.1, 0.15) is 23.0 Å². The largest absolute Gasteiger partial charge is 0.364 e. The van der Waals surface area contributed by atoms with E-state index in [-0.39, 0.29) is 0 Å². The first-order valence-corrected chi connectivity index (χ1v) is 8.52. The molecule has 0 aliphatic carbocycles. The highest BCUT2D eigenvalue weighted by molar-refractivity contribution is 7.21. The number of benzene rings is 2. The molecule has 25 heavy (non-hydrogen) atoms. The summed E-state index contributed by atoms with van der Waals surface area (Å²) in [7, 11) is 0. The van der Waals surface area contributed by atoms with Crippen molar-refractivity contribution >= 4 is 21.6 Å². The number of hydrogen-bond donors (Lipinski definition) is 2. The molecule has 0 fully saturated rings. The minimum atomic E-state index is -1.50. The van der Waals surface area contributed by atoms with Gasteiger partial charge in [0.25, 0.3) is 5.89 Å². The fourth-order valence-corrected chi connectivity index (χ4v) is 3.62. The van der Waals surface area contributed by atoms with Gasteiger partial charge in [0.15, 0.2) is 11.3 Å². The molecule has 6 nitrogen and oxygen atoms in total. The third kappa shape index (κ3) is 2.82. The summed E-state index contributed by atoms with van der Waals surface area (Å²) in [4.78, 5) is 9.07. The predicted molar refractivity (Wildman–Crippen MR) is 95.0 cm³/mol. The highest BCUT2D eigenvalue weighted by Gasteiger charge is 2.17. The maximum atomic E-state index is 9.15. The summed E-state index contributed by atoms with van der Waals surface area (Å²) in [5.74, 6) is 0.808. The van der Waals surface area contributed by atoms with Gasteiger partial charge in [-0.1, -0.05) is 41.6 Å². The van der Waals surface area contributed by atoms with Crippen LogP contribution in [0.2, 0.25) is 0 Å². The van der Waals surface area contributed by atoms with Crippen LogP contribution >= 0.6 is 11.3 Å². The Kier molecular flexibility index (Phi) is 3.84. The van der Waals surface area contributed by atoms with Gasteiger partial charge in [-0.3, -0.25) is 0 Å². The second-order valence-electron chi connectivity index (χ2n) is 5.81. The van der Waals surface area contributed by atoms with Crippen LogP contribution in [-0.4, -0.2) is 25.3 Å². The van der Waals surface area contributed by atoms with Crippen LogP contribution in [-0.2, 0) is 0 Å². The summed E-state index contributed by atoms with van der Waals surface area (Å²) in [6, 6.07) is 10.8. The first-order valence-electron chi connectivity index (χ1n) is 7.70. The minimum absolute atomic E-state index is 0.376. The van der Waals surface area contributed by atoms with Gasteiger partial charge >= 0.3 is 0 Å². The Morgan fingerprint density at radius 1 is 0.960 bits per heavy atom. The predicted octanol–water partition coefficient (Wildman–Crippen LogP) is 3.61. The SMILES string of the molecule is Cc1ccc(C)c2sc(-c3nc(-c4ccc(C(O)O)cc4)no3)nc12. The summed E-state index contributed by atoms with van der Waals surface area (Å²) in [5, 5.41) is 23.0. The zero-order valence-corrected chi connectivity index (χ0v) is 14.4. The smallest absolute Gasteiger partial charge is 0.287 e. The molecule has 2 heterocycles. The summed E-state index contributed by atoms with van der Waals surface area (Å²) >= 11 is 1.53. The highest BCUT2D eigenvalue weighted by Crippen LogP contribution is 2.33. The van der Waals surface area contributed by atoms with Crippen molar-refractivity contribution in [3.63, 3.8) is 0 Å². The number of rotatable bonds is 3. The van der Waals surface area contributed by atoms with Gasteiger partial charge in [-0.05, 0) is 25.0 Å². The lowest BCUT2D eigenvalue weighted by Crippen LogP contribution is -1.94. The Hall–Kier alpha value is -2.61. The number of aliphatic hydroxyl groups is 2. The van der Waals surface area contributed by atoms with Crippen molar-refractivity contribution in [2.24, 2.45) is 0 Å². The van der Waals surface area contributed by atoms with E-state index in [2.05, 4.69) is 34.2 Å². The number of nitrogens with zero attached hydrogens (tertiary/aromatic N) is 3. The maximum absolute atomic E-state index is 9.15. The molecule has 0 saturated carbocycles. The average Bonchev–Trinajstić information content (AvgIpc) is 3.26. The van der Waals surface area contributed by atoms with E-state index >= 15 is 0 Å². The molecule has 0 unspecified atom stereocenters. The van der Waals surface area contributed by atoms with Crippen molar-refractivity contribution in [2.75, 3.05) is 0 Å². The number of hydrogen-bond acceptors (Lipinski definition) is 7. The quantitative estimate of drug-likeness (QED) is 0.547. The van der Waals surface area contributed by atoms with Crippen LogP contribution in [0, 0.1) is 13.8 Å². The van der Waals surface area contributed by atoms with Gasteiger partial charge in [-0.15, -0.1) is 11.3 Å². The van der Waals surface area contributed by atoms with Gasteiger partial charge in [0.2, 0.25) is 5.82 Å². The van der Waals surface area contributed by atoms with Crippen molar-refractivity contribution in [3.05, 3.63) is 53.1 Å². The Labute approximate surface area is 147 Å². The van der Waals surface area contributed by atoms with E-state index in [9.17, 15) is 0 Å². The zero-order valence-electron chi connectivity index (χ0n) is 13.6. The van der Waals surface area contributed by atoms with Gasteiger partial charge in [0, 0.05) is 11.1 Å². The van der Waals surface area contributed by atoms with Gasteiger partial charge in [0.05, 0.1) is 10.2 Å². The molecule has 0 bridgehead atoms. The molecular formula is C18H15N3O3S. The molecule has 4 rings (SSSR count). The fourth-order valence-electron chi connectivity index (χ4n) is 2.58. The van der Waals surface area contributed by atoms with E-state index in [0.29, 0.717) is 22.3 Å². The molecule has 2 N–H and O–H groups in total. The Bertz CT molecular complexity index is 1010. The lowest BCUT2D eigenvalue weighted by molar-refractivity contribution is -0.0424. The van der Waals surface area contributed by atoms with Gasteiger partial charge in [-0.25, -0.2) is 4.98 Å². The lowest BCUT2D eigenvalue weighted by Gasteiger charge is -2.02. The third-order valence-electron chi connectivity index (χ3n) is 4.02. The van der Waals surface area contributed by atoms with Crippen LogP contribution in [0.5, 0.6) is 0 Å². The highest BCUT2D eigenvalue weighted by atomic mass is 32.1. The molecule has 0 aliphatic heterocycles. The summed E-state index contributed by atoms with van der Waals surface area (Å²) in [6.07, 6.45) is -1.50. The summed E-state index contributed by atoms with van der Waals surface area (Å²) in [6.45, 7) is 4.09. The van der Waals surface area contributed by atoms with Gasteiger partial charge in [-0.2, -0.15) is 4.98 Å². The number of aryl methyl sites for hydroxylation is 2. The number of aromatic nitrogens is 3. The summed E-state index contributed by atoms with van der Waals surface area (Å²) in [5.41, 5.74) is 4.38. The molecule has 4 aromatic rings. The molecule has 0 aliphatic rings. The molecular weight excluding hydrogens is 338 g/mol. The second kappa shape index (κ2) is 6.03. The number of aliphatic hydroxyl groups excluding tert-OH is 1. The average molecular weight is 353 g/mol. The van der Waals surface area contributed by atoms with Crippen molar-refractivity contribution < 1.29 is 14.7 Å². The Balaban J connectivity index is 1.72. The molecule has 0 amide bonds. The van der Waals surface area contributed by atoms with E-state index in [0.717, 1.165) is 21.3 Å². The number of fused-ring (bicyclic) bond motifs is 1. The molecule has 7 heteroatoms. The standard InChI is InChI=1S/C18H15N3O3S/c1-9-3-4-10(2)14-13(9)19-17(25-14)16-20-15(21-24-16)11-5-7-12(8-6-11)18(22)23/h3-8,18,22-23H,1-2H3. The molecule has 0 radical (unpaired) electrons. The van der Waals surface area contributed by atoms with Crippen molar-refractivity contribution in [1.29, 1.82) is 0 Å².